The van der Waals surface area contributed by atoms with Gasteiger partial charge < -0.3 is 26.2 Å². The van der Waals surface area contributed by atoms with Gasteiger partial charge in [-0.1, -0.05) is 13.8 Å². The molecule has 0 amide bonds. The van der Waals surface area contributed by atoms with Crippen molar-refractivity contribution < 1.29 is 30.0 Å². The first-order chi connectivity index (χ1) is 6.73. The van der Waals surface area contributed by atoms with Crippen molar-refractivity contribution in [3.05, 3.63) is 0 Å². The Morgan fingerprint density at radius 2 is 1.25 bits per heavy atom. The molecular weight excluding hydrogens is 242 g/mol. The van der Waals surface area contributed by atoms with Gasteiger partial charge in [0.1, 0.15) is 0 Å². The van der Waals surface area contributed by atoms with Crippen molar-refractivity contribution in [2.24, 2.45) is 11.7 Å². The molecule has 0 saturated carbocycles. The molecule has 7 nitrogen and oxygen atoms in total. The van der Waals surface area contributed by atoms with Crippen molar-refractivity contribution in [2.75, 3.05) is 6.54 Å². The molecule has 0 spiro atoms. The summed E-state index contributed by atoms with van der Waals surface area (Å²) in [6.45, 7) is 5.00. The lowest BCUT2D eigenvalue weighted by atomic mass is 10.2. The highest BCUT2D eigenvalue weighted by atomic mass is 35.5. The van der Waals surface area contributed by atoms with E-state index in [2.05, 4.69) is 13.8 Å². The fraction of sp³-hybridized carbons (Fsp3) is 0.750. The fourth-order valence-corrected chi connectivity index (χ4v) is 0.270. The van der Waals surface area contributed by atoms with Crippen LogP contribution < -0.4 is 5.73 Å². The molecule has 0 fully saturated rings. The number of halogens is 1. The molecule has 0 aliphatic carbocycles. The van der Waals surface area contributed by atoms with Crippen LogP contribution in [0.15, 0.2) is 0 Å². The maximum absolute atomic E-state index is 9.77. The number of carboxylic acid groups (broad SMARTS) is 2. The molecule has 16 heavy (non-hydrogen) atoms. The van der Waals surface area contributed by atoms with E-state index in [9.17, 15) is 9.59 Å². The predicted octanol–water partition coefficient (Wildman–Crippen LogP) is -1.10. The molecule has 0 heterocycles. The van der Waals surface area contributed by atoms with Crippen LogP contribution in [0.5, 0.6) is 0 Å². The molecule has 2 atom stereocenters. The molecule has 98 valence electrons. The van der Waals surface area contributed by atoms with Crippen LogP contribution in [-0.4, -0.2) is 51.1 Å². The van der Waals surface area contributed by atoms with Gasteiger partial charge in [0.25, 0.3) is 0 Å². The first kappa shape index (κ1) is 20.5. The van der Waals surface area contributed by atoms with Crippen LogP contribution in [0.3, 0.4) is 0 Å². The smallest absolute Gasteiger partial charge is 0.335 e. The number of rotatable bonds is 4. The lowest BCUT2D eigenvalue weighted by Gasteiger charge is -2.07. The third-order valence-corrected chi connectivity index (χ3v) is 1.28. The highest BCUT2D eigenvalue weighted by molar-refractivity contribution is 5.85. The summed E-state index contributed by atoms with van der Waals surface area (Å²) in [4.78, 5) is 19.5. The van der Waals surface area contributed by atoms with E-state index in [1.807, 2.05) is 0 Å². The molecule has 0 aliphatic rings. The average Bonchev–Trinajstić information content (AvgIpc) is 2.16. The Bertz CT molecular complexity index is 193. The van der Waals surface area contributed by atoms with Gasteiger partial charge >= 0.3 is 11.9 Å². The molecule has 0 radical (unpaired) electrons. The average molecular weight is 260 g/mol. The molecule has 8 heteroatoms. The molecule has 0 aromatic carbocycles. The number of carboxylic acids is 2. The number of hydrogen-bond donors (Lipinski definition) is 5. The van der Waals surface area contributed by atoms with Crippen molar-refractivity contribution in [3.63, 3.8) is 0 Å². The monoisotopic (exact) mass is 259 g/mol. The quantitative estimate of drug-likeness (QED) is 0.431. The summed E-state index contributed by atoms with van der Waals surface area (Å²) >= 11 is 0. The van der Waals surface area contributed by atoms with E-state index >= 15 is 0 Å². The number of hydrogen-bond acceptors (Lipinski definition) is 5. The van der Waals surface area contributed by atoms with E-state index in [1.54, 1.807) is 0 Å². The SMILES string of the molecule is CC(C)CN.Cl.O=C(O)C(O)C(O)C(=O)O. The summed E-state index contributed by atoms with van der Waals surface area (Å²) < 4.78 is 0. The molecule has 0 aromatic heterocycles. The summed E-state index contributed by atoms with van der Waals surface area (Å²) in [6, 6.07) is 0. The third-order valence-electron chi connectivity index (χ3n) is 1.28. The number of nitrogens with two attached hydrogens (primary N) is 1. The van der Waals surface area contributed by atoms with Gasteiger partial charge in [0.15, 0.2) is 12.2 Å². The second kappa shape index (κ2) is 10.6. The predicted molar refractivity (Wildman–Crippen MR) is 58.4 cm³/mol. The molecule has 0 saturated heterocycles. The van der Waals surface area contributed by atoms with Gasteiger partial charge in [0.05, 0.1) is 0 Å². The van der Waals surface area contributed by atoms with Crippen LogP contribution in [0.2, 0.25) is 0 Å². The van der Waals surface area contributed by atoms with Crippen molar-refractivity contribution in [3.8, 4) is 0 Å². The second-order valence-corrected chi connectivity index (χ2v) is 3.20. The van der Waals surface area contributed by atoms with E-state index in [4.69, 9.17) is 26.2 Å². The van der Waals surface area contributed by atoms with Gasteiger partial charge in [-0.2, -0.15) is 0 Å². The summed E-state index contributed by atoms with van der Waals surface area (Å²) in [5.41, 5.74) is 5.17. The molecular formula is C8H18ClNO6. The van der Waals surface area contributed by atoms with E-state index in [-0.39, 0.29) is 12.4 Å². The third kappa shape index (κ3) is 11.2. The first-order valence-corrected chi connectivity index (χ1v) is 4.25. The largest absolute Gasteiger partial charge is 0.479 e. The van der Waals surface area contributed by atoms with Crippen molar-refractivity contribution >= 4 is 24.3 Å². The molecule has 0 aliphatic heterocycles. The van der Waals surface area contributed by atoms with E-state index < -0.39 is 24.1 Å². The Labute approximate surface area is 99.3 Å². The van der Waals surface area contributed by atoms with Gasteiger partial charge in [-0.15, -0.1) is 12.4 Å². The van der Waals surface area contributed by atoms with Crippen LogP contribution in [0.4, 0.5) is 0 Å². The minimum Gasteiger partial charge on any atom is -0.479 e. The van der Waals surface area contributed by atoms with Crippen LogP contribution in [0.1, 0.15) is 13.8 Å². The van der Waals surface area contributed by atoms with Crippen molar-refractivity contribution in [2.45, 2.75) is 26.1 Å². The topological polar surface area (TPSA) is 141 Å². The normalized spacial score (nSPS) is 12.9. The zero-order chi connectivity index (χ0) is 12.6. The van der Waals surface area contributed by atoms with Crippen LogP contribution >= 0.6 is 12.4 Å². The van der Waals surface area contributed by atoms with E-state index in [0.29, 0.717) is 5.92 Å². The number of aliphatic hydroxyl groups is 2. The van der Waals surface area contributed by atoms with E-state index in [1.165, 1.54) is 0 Å². The molecule has 2 unspecified atom stereocenters. The molecule has 0 rings (SSSR count). The maximum atomic E-state index is 9.77. The van der Waals surface area contributed by atoms with Crippen LogP contribution in [0, 0.1) is 5.92 Å². The highest BCUT2D eigenvalue weighted by Gasteiger charge is 2.29. The molecule has 0 aromatic rings. The first-order valence-electron chi connectivity index (χ1n) is 4.25. The fourth-order valence-electron chi connectivity index (χ4n) is 0.270. The van der Waals surface area contributed by atoms with Gasteiger partial charge in [-0.3, -0.25) is 0 Å². The van der Waals surface area contributed by atoms with Crippen molar-refractivity contribution in [1.82, 2.24) is 0 Å². The summed E-state index contributed by atoms with van der Waals surface area (Å²) in [6.07, 6.45) is -4.53. The zero-order valence-corrected chi connectivity index (χ0v) is 9.85. The van der Waals surface area contributed by atoms with Gasteiger partial charge in [-0.05, 0) is 12.5 Å². The van der Waals surface area contributed by atoms with E-state index in [0.717, 1.165) is 6.54 Å². The molecule has 6 N–H and O–H groups in total. The van der Waals surface area contributed by atoms with Gasteiger partial charge in [-0.25, -0.2) is 9.59 Å². The highest BCUT2D eigenvalue weighted by Crippen LogP contribution is 1.92. The molecule has 0 bridgehead atoms. The lowest BCUT2D eigenvalue weighted by molar-refractivity contribution is -0.165. The van der Waals surface area contributed by atoms with Gasteiger partial charge in [0.2, 0.25) is 0 Å². The minimum absolute atomic E-state index is 0. The summed E-state index contributed by atoms with van der Waals surface area (Å²) in [7, 11) is 0. The lowest BCUT2D eigenvalue weighted by Crippen LogP contribution is -2.39. The Morgan fingerprint density at radius 1 is 1.06 bits per heavy atom. The minimum atomic E-state index is -2.27. The van der Waals surface area contributed by atoms with Crippen LogP contribution in [-0.2, 0) is 9.59 Å². The van der Waals surface area contributed by atoms with Crippen molar-refractivity contribution in [1.29, 1.82) is 0 Å². The van der Waals surface area contributed by atoms with Crippen LogP contribution in [0.25, 0.3) is 0 Å². The maximum Gasteiger partial charge on any atom is 0.335 e. The summed E-state index contributed by atoms with van der Waals surface area (Å²) in [5, 5.41) is 32.5. The number of aliphatic hydroxyl groups excluding tert-OH is 2. The standard InChI is InChI=1S/C4H11N.C4H6O6.ClH/c1-4(2)3-5;5-1(3(7)8)2(6)4(9)10;/h4H,3,5H2,1-2H3;1-2,5-6H,(H,7,8)(H,9,10);1H. The Morgan fingerprint density at radius 3 is 1.31 bits per heavy atom. The van der Waals surface area contributed by atoms with Gasteiger partial charge in [0, 0.05) is 0 Å². The number of aliphatic carboxylic acids is 2. The Balaban J connectivity index is -0.000000242. The number of carbonyl (C=O) groups is 2. The Kier molecular flexibility index (Phi) is 13.6. The second-order valence-electron chi connectivity index (χ2n) is 3.20. The summed E-state index contributed by atoms with van der Waals surface area (Å²) in [5.74, 6) is -2.88. The zero-order valence-electron chi connectivity index (χ0n) is 9.03. The Hall–Kier alpha value is -0.890.